The number of hydrogen-bond acceptors (Lipinski definition) is 7. The highest BCUT2D eigenvalue weighted by Crippen LogP contribution is 2.39. The molecule has 0 bridgehead atoms. The van der Waals surface area contributed by atoms with Crippen molar-refractivity contribution in [2.24, 2.45) is 11.8 Å². The summed E-state index contributed by atoms with van der Waals surface area (Å²) in [5, 5.41) is 3.49. The topological polar surface area (TPSA) is 94.8 Å². The monoisotopic (exact) mass is 408 g/mol. The maximum atomic E-state index is 13.1. The zero-order valence-corrected chi connectivity index (χ0v) is 18.1. The Labute approximate surface area is 171 Å². The number of anilines is 1. The van der Waals surface area contributed by atoms with Gasteiger partial charge < -0.3 is 20.9 Å². The van der Waals surface area contributed by atoms with Gasteiger partial charge in [-0.3, -0.25) is 9.69 Å². The van der Waals surface area contributed by atoms with Crippen LogP contribution >= 0.6 is 11.3 Å². The van der Waals surface area contributed by atoms with Crippen LogP contribution in [0.4, 0.5) is 9.93 Å². The minimum Gasteiger partial charge on any atom is -0.375 e. The van der Waals surface area contributed by atoms with Crippen molar-refractivity contribution in [1.82, 2.24) is 25.0 Å². The van der Waals surface area contributed by atoms with E-state index in [0.717, 1.165) is 31.5 Å². The van der Waals surface area contributed by atoms with Crippen LogP contribution in [0.2, 0.25) is 0 Å². The van der Waals surface area contributed by atoms with E-state index >= 15 is 0 Å². The van der Waals surface area contributed by atoms with Crippen molar-refractivity contribution in [3.05, 3.63) is 10.6 Å². The number of nitrogens with zero attached hydrogens (tertiary/aromatic N) is 4. The average Bonchev–Trinajstić information content (AvgIpc) is 2.99. The third-order valence-corrected chi connectivity index (χ3v) is 6.81. The number of likely N-dealkylation sites (tertiary alicyclic amines) is 1. The molecule has 2 unspecified atom stereocenters. The Bertz CT molecular complexity index is 721. The maximum absolute atomic E-state index is 13.1. The molecular weight excluding hydrogens is 376 g/mol. The molecule has 28 heavy (non-hydrogen) atoms. The molecule has 0 radical (unpaired) electrons. The molecule has 3 amide bonds. The summed E-state index contributed by atoms with van der Waals surface area (Å²) in [7, 11) is 5.99. The molecule has 8 nitrogen and oxygen atoms in total. The molecule has 1 aliphatic carbocycles. The number of nitrogen functional groups attached to an aromatic ring is 1. The first-order valence-corrected chi connectivity index (χ1v) is 10.8. The van der Waals surface area contributed by atoms with Gasteiger partial charge in [0, 0.05) is 37.1 Å². The summed E-state index contributed by atoms with van der Waals surface area (Å²) < 4.78 is 0. The number of imide groups is 1. The molecule has 3 rings (SSSR count). The third-order valence-electron chi connectivity index (χ3n) is 5.86. The Hall–Kier alpha value is -1.71. The second kappa shape index (κ2) is 8.75. The highest BCUT2D eigenvalue weighted by molar-refractivity contribution is 7.15. The summed E-state index contributed by atoms with van der Waals surface area (Å²) >= 11 is 1.59. The van der Waals surface area contributed by atoms with E-state index < -0.39 is 0 Å². The minimum atomic E-state index is -0.294. The van der Waals surface area contributed by atoms with Crippen molar-refractivity contribution in [2.75, 3.05) is 53.1 Å². The standard InChI is InChI=1S/C19H32N6O2S/c1-5-25(19(27)21-6-7-23(2)3)17(26)13-8-12-9-14-16(28-18(20)22-14)10-15(12)24(4)11-13/h12-13,15H,5-11H2,1-4H3,(H2,20,22)(H,21,27)/t12?,13?,15-/m1/s1. The number of urea groups is 1. The van der Waals surface area contributed by atoms with Gasteiger partial charge in [-0.25, -0.2) is 9.78 Å². The predicted molar refractivity (Wildman–Crippen MR) is 111 cm³/mol. The van der Waals surface area contributed by atoms with E-state index in [1.54, 1.807) is 11.3 Å². The minimum absolute atomic E-state index is 0.0706. The van der Waals surface area contributed by atoms with Crippen molar-refractivity contribution >= 4 is 28.4 Å². The maximum Gasteiger partial charge on any atom is 0.324 e. The quantitative estimate of drug-likeness (QED) is 0.751. The van der Waals surface area contributed by atoms with Crippen LogP contribution in [0.25, 0.3) is 0 Å². The van der Waals surface area contributed by atoms with Crippen LogP contribution < -0.4 is 11.1 Å². The van der Waals surface area contributed by atoms with Gasteiger partial charge in [-0.15, -0.1) is 11.3 Å². The van der Waals surface area contributed by atoms with Crippen molar-refractivity contribution in [3.8, 4) is 0 Å². The lowest BCUT2D eigenvalue weighted by atomic mass is 9.75. The fraction of sp³-hybridized carbons (Fsp3) is 0.737. The molecule has 3 N–H and O–H groups in total. The molecule has 2 heterocycles. The summed E-state index contributed by atoms with van der Waals surface area (Å²) in [6.45, 7) is 4.19. The molecule has 0 saturated carbocycles. The van der Waals surface area contributed by atoms with E-state index in [0.29, 0.717) is 36.7 Å². The summed E-state index contributed by atoms with van der Waals surface area (Å²) in [5.41, 5.74) is 6.99. The van der Waals surface area contributed by atoms with Gasteiger partial charge in [0.15, 0.2) is 5.13 Å². The number of fused-ring (bicyclic) bond motifs is 2. The number of rotatable bonds is 5. The second-order valence-electron chi connectivity index (χ2n) is 8.15. The zero-order chi connectivity index (χ0) is 20.4. The van der Waals surface area contributed by atoms with E-state index in [-0.39, 0.29) is 17.9 Å². The number of nitrogens with two attached hydrogens (primary N) is 1. The molecule has 1 aromatic rings. The van der Waals surface area contributed by atoms with Crippen LogP contribution in [0.15, 0.2) is 0 Å². The molecule has 0 aromatic carbocycles. The molecule has 9 heteroatoms. The lowest BCUT2D eigenvalue weighted by molar-refractivity contribution is -0.135. The third kappa shape index (κ3) is 4.47. The molecular formula is C19H32N6O2S. The number of nitrogens with one attached hydrogen (secondary N) is 1. The van der Waals surface area contributed by atoms with Crippen LogP contribution in [0, 0.1) is 11.8 Å². The lowest BCUT2D eigenvalue weighted by Gasteiger charge is -2.45. The highest BCUT2D eigenvalue weighted by Gasteiger charge is 2.42. The van der Waals surface area contributed by atoms with Gasteiger partial charge in [-0.1, -0.05) is 0 Å². The fourth-order valence-electron chi connectivity index (χ4n) is 4.42. The highest BCUT2D eigenvalue weighted by atomic mass is 32.1. The van der Waals surface area contributed by atoms with E-state index in [4.69, 9.17) is 5.73 Å². The summed E-state index contributed by atoms with van der Waals surface area (Å²) in [6.07, 6.45) is 2.62. The average molecular weight is 409 g/mol. The Morgan fingerprint density at radius 3 is 2.79 bits per heavy atom. The van der Waals surface area contributed by atoms with Crippen molar-refractivity contribution in [1.29, 1.82) is 0 Å². The SMILES string of the molecule is CCN(C(=O)NCCN(C)C)C(=O)C1CC2Cc3nc(N)sc3C[C@H]2N(C)C1. The van der Waals surface area contributed by atoms with Crippen LogP contribution in [-0.2, 0) is 17.6 Å². The van der Waals surface area contributed by atoms with Crippen molar-refractivity contribution in [2.45, 2.75) is 32.2 Å². The molecule has 3 atom stereocenters. The molecule has 1 aromatic heterocycles. The Morgan fingerprint density at radius 2 is 2.11 bits per heavy atom. The molecule has 156 valence electrons. The normalized spacial score (nSPS) is 24.5. The molecule has 1 saturated heterocycles. The number of carbonyl (C=O) groups is 2. The summed E-state index contributed by atoms with van der Waals surface area (Å²) in [5.74, 6) is 0.138. The smallest absolute Gasteiger partial charge is 0.324 e. The van der Waals surface area contributed by atoms with Gasteiger partial charge in [-0.05, 0) is 53.2 Å². The summed E-state index contributed by atoms with van der Waals surface area (Å²) in [6, 6.07) is 0.123. The van der Waals surface area contributed by atoms with E-state index in [1.165, 1.54) is 9.78 Å². The van der Waals surface area contributed by atoms with Crippen LogP contribution in [0.3, 0.4) is 0 Å². The first-order chi connectivity index (χ1) is 13.3. The van der Waals surface area contributed by atoms with Crippen LogP contribution in [0.1, 0.15) is 23.9 Å². The number of hydrogen-bond donors (Lipinski definition) is 2. The number of aromatic nitrogens is 1. The zero-order valence-electron chi connectivity index (χ0n) is 17.3. The Morgan fingerprint density at radius 1 is 1.36 bits per heavy atom. The largest absolute Gasteiger partial charge is 0.375 e. The fourth-order valence-corrected chi connectivity index (χ4v) is 5.33. The first-order valence-electron chi connectivity index (χ1n) is 9.98. The van der Waals surface area contributed by atoms with Crippen molar-refractivity contribution in [3.63, 3.8) is 0 Å². The lowest BCUT2D eigenvalue weighted by Crippen LogP contribution is -2.55. The van der Waals surface area contributed by atoms with Gasteiger partial charge in [0.2, 0.25) is 5.91 Å². The molecule has 2 aliphatic rings. The van der Waals surface area contributed by atoms with E-state index in [9.17, 15) is 9.59 Å². The van der Waals surface area contributed by atoms with Crippen LogP contribution in [0.5, 0.6) is 0 Å². The second-order valence-corrected chi connectivity index (χ2v) is 9.26. The number of carbonyl (C=O) groups excluding carboxylic acids is 2. The number of thiazole rings is 1. The van der Waals surface area contributed by atoms with E-state index in [2.05, 4.69) is 22.2 Å². The van der Waals surface area contributed by atoms with E-state index in [1.807, 2.05) is 25.9 Å². The molecule has 1 fully saturated rings. The summed E-state index contributed by atoms with van der Waals surface area (Å²) in [4.78, 5) is 37.1. The van der Waals surface area contributed by atoms with Gasteiger partial charge in [-0.2, -0.15) is 0 Å². The number of piperidine rings is 1. The predicted octanol–water partition coefficient (Wildman–Crippen LogP) is 0.880. The number of amides is 3. The van der Waals surface area contributed by atoms with Crippen molar-refractivity contribution < 1.29 is 9.59 Å². The van der Waals surface area contributed by atoms with Crippen LogP contribution in [-0.4, -0.2) is 85.0 Å². The van der Waals surface area contributed by atoms with Gasteiger partial charge in [0.1, 0.15) is 0 Å². The van der Waals surface area contributed by atoms with Gasteiger partial charge in [0.05, 0.1) is 11.6 Å². The molecule has 0 spiro atoms. The molecule has 1 aliphatic heterocycles. The van der Waals surface area contributed by atoms with Gasteiger partial charge >= 0.3 is 6.03 Å². The number of likely N-dealkylation sites (N-methyl/N-ethyl adjacent to an activating group) is 2. The van der Waals surface area contributed by atoms with Gasteiger partial charge in [0.25, 0.3) is 0 Å². The Balaban J connectivity index is 1.65. The first kappa shape index (κ1) is 21.0. The Kier molecular flexibility index (Phi) is 6.57.